The first kappa shape index (κ1) is 20.7. The molecule has 1 atom stereocenters. The molecule has 25 heavy (non-hydrogen) atoms. The molecular formula is C15H15Cl5N2O3. The Kier molecular flexibility index (Phi) is 7.35. The number of carbonyl (C=O) groups excluding carboxylic acids is 2. The van der Waals surface area contributed by atoms with E-state index in [-0.39, 0.29) is 55.3 Å². The van der Waals surface area contributed by atoms with Crippen LogP contribution in [0.15, 0.2) is 0 Å². The Balaban J connectivity index is 2.04. The van der Waals surface area contributed by atoms with Crippen molar-refractivity contribution in [2.24, 2.45) is 0 Å². The quantitative estimate of drug-likeness (QED) is 0.547. The molecule has 1 N–H and O–H groups in total. The van der Waals surface area contributed by atoms with Crippen LogP contribution in [0.5, 0.6) is 5.75 Å². The SMILES string of the molecule is CC(=O)NC1CCCN(C(=O)COc2c(Cl)c(Cl)c(Cl)c(Cl)c2Cl)C1. The van der Waals surface area contributed by atoms with Gasteiger partial charge in [-0.15, -0.1) is 0 Å². The molecule has 1 saturated heterocycles. The van der Waals surface area contributed by atoms with Crippen LogP contribution in [0.25, 0.3) is 0 Å². The Labute approximate surface area is 170 Å². The molecule has 2 rings (SSSR count). The normalized spacial score (nSPS) is 17.4. The zero-order valence-corrected chi connectivity index (χ0v) is 17.0. The number of hydrogen-bond donors (Lipinski definition) is 1. The molecule has 1 aromatic rings. The zero-order valence-electron chi connectivity index (χ0n) is 13.2. The second-order valence-corrected chi connectivity index (χ2v) is 7.46. The minimum Gasteiger partial charge on any atom is -0.481 e. The van der Waals surface area contributed by atoms with Gasteiger partial charge in [-0.3, -0.25) is 9.59 Å². The number of piperidine rings is 1. The molecule has 1 unspecified atom stereocenters. The average Bonchev–Trinajstić information content (AvgIpc) is 2.57. The summed E-state index contributed by atoms with van der Waals surface area (Å²) in [6, 6.07) is -0.0678. The van der Waals surface area contributed by atoms with Crippen molar-refractivity contribution in [3.05, 3.63) is 25.1 Å². The molecule has 1 aromatic carbocycles. The predicted molar refractivity (Wildman–Crippen MR) is 100 cm³/mol. The van der Waals surface area contributed by atoms with Crippen molar-refractivity contribution in [2.45, 2.75) is 25.8 Å². The van der Waals surface area contributed by atoms with Crippen molar-refractivity contribution < 1.29 is 14.3 Å². The van der Waals surface area contributed by atoms with Crippen molar-refractivity contribution in [1.29, 1.82) is 0 Å². The Morgan fingerprint density at radius 2 is 1.64 bits per heavy atom. The van der Waals surface area contributed by atoms with Crippen LogP contribution in [0.4, 0.5) is 0 Å². The van der Waals surface area contributed by atoms with Crippen LogP contribution in [0, 0.1) is 0 Å². The number of ether oxygens (including phenoxy) is 1. The molecule has 138 valence electrons. The van der Waals surface area contributed by atoms with Gasteiger partial charge in [-0.05, 0) is 12.8 Å². The smallest absolute Gasteiger partial charge is 0.260 e. The van der Waals surface area contributed by atoms with Crippen LogP contribution >= 0.6 is 58.0 Å². The lowest BCUT2D eigenvalue weighted by Gasteiger charge is -2.33. The molecule has 1 aliphatic rings. The van der Waals surface area contributed by atoms with Crippen molar-refractivity contribution in [3.8, 4) is 5.75 Å². The second kappa shape index (κ2) is 8.87. The van der Waals surface area contributed by atoms with Crippen LogP contribution in [0.1, 0.15) is 19.8 Å². The first-order valence-electron chi connectivity index (χ1n) is 7.41. The highest BCUT2D eigenvalue weighted by atomic mass is 35.5. The van der Waals surface area contributed by atoms with Gasteiger partial charge in [-0.1, -0.05) is 58.0 Å². The van der Waals surface area contributed by atoms with Gasteiger partial charge in [-0.2, -0.15) is 0 Å². The van der Waals surface area contributed by atoms with Gasteiger partial charge in [0.2, 0.25) is 5.91 Å². The number of amides is 2. The number of halogens is 5. The molecule has 1 aliphatic heterocycles. The topological polar surface area (TPSA) is 58.6 Å². The molecule has 0 spiro atoms. The molecule has 10 heteroatoms. The van der Waals surface area contributed by atoms with Crippen LogP contribution in [-0.2, 0) is 9.59 Å². The van der Waals surface area contributed by atoms with Crippen LogP contribution in [0.2, 0.25) is 25.1 Å². The largest absolute Gasteiger partial charge is 0.481 e. The van der Waals surface area contributed by atoms with Gasteiger partial charge in [0.25, 0.3) is 5.91 Å². The first-order chi connectivity index (χ1) is 11.7. The number of likely N-dealkylation sites (tertiary alicyclic amines) is 1. The molecule has 0 saturated carbocycles. The summed E-state index contributed by atoms with van der Waals surface area (Å²) < 4.78 is 5.45. The standard InChI is InChI=1S/C15H15Cl5N2O3/c1-7(23)21-8-3-2-4-22(5-8)9(24)6-25-15-13(19)11(17)10(16)12(18)14(15)20/h8H,2-6H2,1H3,(H,21,23). The van der Waals surface area contributed by atoms with Crippen molar-refractivity contribution in [3.63, 3.8) is 0 Å². The highest BCUT2D eigenvalue weighted by Gasteiger charge is 2.26. The Bertz CT molecular complexity index is 669. The van der Waals surface area contributed by atoms with E-state index in [4.69, 9.17) is 62.7 Å². The van der Waals surface area contributed by atoms with E-state index in [9.17, 15) is 9.59 Å². The fourth-order valence-corrected chi connectivity index (χ4v) is 3.78. The highest BCUT2D eigenvalue weighted by Crippen LogP contribution is 2.48. The maximum absolute atomic E-state index is 12.4. The number of nitrogens with one attached hydrogen (secondary N) is 1. The molecule has 0 aliphatic carbocycles. The van der Waals surface area contributed by atoms with E-state index in [0.717, 1.165) is 12.8 Å². The maximum Gasteiger partial charge on any atom is 0.260 e. The summed E-state index contributed by atoms with van der Waals surface area (Å²) in [5.74, 6) is -0.379. The van der Waals surface area contributed by atoms with E-state index in [0.29, 0.717) is 13.1 Å². The summed E-state index contributed by atoms with van der Waals surface area (Å²) in [5, 5.41) is 2.82. The first-order valence-corrected chi connectivity index (χ1v) is 9.30. The van der Waals surface area contributed by atoms with E-state index in [1.165, 1.54) is 6.92 Å². The van der Waals surface area contributed by atoms with E-state index < -0.39 is 0 Å². The highest BCUT2D eigenvalue weighted by molar-refractivity contribution is 6.55. The van der Waals surface area contributed by atoms with Crippen LogP contribution < -0.4 is 10.1 Å². The maximum atomic E-state index is 12.4. The lowest BCUT2D eigenvalue weighted by atomic mass is 10.1. The monoisotopic (exact) mass is 446 g/mol. The van der Waals surface area contributed by atoms with Crippen LogP contribution in [0.3, 0.4) is 0 Å². The number of hydrogen-bond acceptors (Lipinski definition) is 3. The van der Waals surface area contributed by atoms with Crippen LogP contribution in [-0.4, -0.2) is 42.5 Å². The number of nitrogens with zero attached hydrogens (tertiary/aromatic N) is 1. The molecule has 0 radical (unpaired) electrons. The van der Waals surface area contributed by atoms with Crippen molar-refractivity contribution in [2.75, 3.05) is 19.7 Å². The van der Waals surface area contributed by atoms with E-state index >= 15 is 0 Å². The third-order valence-corrected chi connectivity index (χ3v) is 5.93. The Morgan fingerprint density at radius 3 is 2.20 bits per heavy atom. The minimum absolute atomic E-state index is 0.00359. The summed E-state index contributed by atoms with van der Waals surface area (Å²) in [5.41, 5.74) is 0. The molecule has 1 heterocycles. The van der Waals surface area contributed by atoms with Crippen molar-refractivity contribution in [1.82, 2.24) is 10.2 Å². The third kappa shape index (κ3) is 4.98. The molecule has 0 bridgehead atoms. The number of rotatable bonds is 4. The van der Waals surface area contributed by atoms with Gasteiger partial charge in [0.1, 0.15) is 10.0 Å². The lowest BCUT2D eigenvalue weighted by Crippen LogP contribution is -2.50. The molecule has 5 nitrogen and oxygen atoms in total. The van der Waals surface area contributed by atoms with Gasteiger partial charge in [0, 0.05) is 26.1 Å². The van der Waals surface area contributed by atoms with Gasteiger partial charge in [0.15, 0.2) is 12.4 Å². The zero-order chi connectivity index (χ0) is 18.7. The fourth-order valence-electron chi connectivity index (χ4n) is 2.55. The number of carbonyl (C=O) groups is 2. The fraction of sp³-hybridized carbons (Fsp3) is 0.467. The van der Waals surface area contributed by atoms with E-state index in [1.807, 2.05) is 0 Å². The predicted octanol–water partition coefficient (Wildman–Crippen LogP) is 4.46. The summed E-state index contributed by atoms with van der Waals surface area (Å²) in [6.07, 6.45) is 1.61. The molecule has 2 amide bonds. The van der Waals surface area contributed by atoms with E-state index in [1.54, 1.807) is 4.90 Å². The lowest BCUT2D eigenvalue weighted by molar-refractivity contribution is -0.135. The average molecular weight is 449 g/mol. The second-order valence-electron chi connectivity index (χ2n) is 5.57. The molecule has 0 aromatic heterocycles. The summed E-state index contributed by atoms with van der Waals surface area (Å²) in [4.78, 5) is 25.1. The Morgan fingerprint density at radius 1 is 1.08 bits per heavy atom. The summed E-state index contributed by atoms with van der Waals surface area (Å²) in [7, 11) is 0. The van der Waals surface area contributed by atoms with Gasteiger partial charge in [-0.25, -0.2) is 0 Å². The molecular weight excluding hydrogens is 433 g/mol. The van der Waals surface area contributed by atoms with Gasteiger partial charge < -0.3 is 15.0 Å². The van der Waals surface area contributed by atoms with Crippen molar-refractivity contribution >= 4 is 69.8 Å². The van der Waals surface area contributed by atoms with E-state index in [2.05, 4.69) is 5.32 Å². The van der Waals surface area contributed by atoms with Gasteiger partial charge in [0.05, 0.1) is 15.1 Å². The minimum atomic E-state index is -0.291. The van der Waals surface area contributed by atoms with Gasteiger partial charge >= 0.3 is 0 Å². The molecule has 1 fully saturated rings. The Hall–Kier alpha value is -0.590. The number of benzene rings is 1. The third-order valence-electron chi connectivity index (χ3n) is 3.69. The summed E-state index contributed by atoms with van der Waals surface area (Å²) >= 11 is 30.0. The summed E-state index contributed by atoms with van der Waals surface area (Å²) in [6.45, 7) is 2.16.